The average Bonchev–Trinajstić information content (AvgIpc) is 2.53. The number of likely N-dealkylation sites (N-methyl/N-ethyl adjacent to an activating group) is 1. The van der Waals surface area contributed by atoms with Crippen molar-refractivity contribution < 1.29 is 22.7 Å². The second-order valence-electron chi connectivity index (χ2n) is 5.34. The number of hydrogen-bond donors (Lipinski definition) is 2. The summed E-state index contributed by atoms with van der Waals surface area (Å²) in [5, 5.41) is 2.58. The van der Waals surface area contributed by atoms with Gasteiger partial charge in [-0.3, -0.25) is 4.79 Å². The number of nitrogens with zero attached hydrogens (tertiary/aromatic N) is 1. The van der Waals surface area contributed by atoms with E-state index in [1.54, 1.807) is 12.1 Å². The summed E-state index contributed by atoms with van der Waals surface area (Å²) < 4.78 is 36.3. The highest BCUT2D eigenvalue weighted by atomic mass is 32.2. The molecule has 1 aromatic rings. The molecule has 9 heteroatoms. The zero-order chi connectivity index (χ0) is 18.2. The number of sulfonamides is 1. The SMILES string of the molecule is COc1ccc(C(=O)NCCS(=O)(=O)NCCN(C)C)cc1OC. The van der Waals surface area contributed by atoms with E-state index in [1.165, 1.54) is 20.3 Å². The molecule has 2 N–H and O–H groups in total. The summed E-state index contributed by atoms with van der Waals surface area (Å²) in [6, 6.07) is 4.74. The van der Waals surface area contributed by atoms with Crippen molar-refractivity contribution in [3.05, 3.63) is 23.8 Å². The molecule has 24 heavy (non-hydrogen) atoms. The second kappa shape index (κ2) is 9.45. The zero-order valence-electron chi connectivity index (χ0n) is 14.5. The molecule has 1 rings (SSSR count). The molecular weight excluding hydrogens is 334 g/mol. The number of benzene rings is 1. The highest BCUT2D eigenvalue weighted by Crippen LogP contribution is 2.27. The van der Waals surface area contributed by atoms with Gasteiger partial charge in [-0.15, -0.1) is 0 Å². The van der Waals surface area contributed by atoms with E-state index in [-0.39, 0.29) is 18.2 Å². The summed E-state index contributed by atoms with van der Waals surface area (Å²) >= 11 is 0. The third-order valence-corrected chi connectivity index (χ3v) is 4.57. The van der Waals surface area contributed by atoms with Gasteiger partial charge in [0.1, 0.15) is 0 Å². The molecule has 1 amide bonds. The monoisotopic (exact) mass is 359 g/mol. The van der Waals surface area contributed by atoms with Crippen molar-refractivity contribution in [3.8, 4) is 11.5 Å². The molecule has 0 unspecified atom stereocenters. The molecule has 0 atom stereocenters. The number of ether oxygens (including phenoxy) is 2. The quantitative estimate of drug-likeness (QED) is 0.606. The van der Waals surface area contributed by atoms with Crippen LogP contribution in [0, 0.1) is 0 Å². The Morgan fingerprint density at radius 3 is 2.38 bits per heavy atom. The zero-order valence-corrected chi connectivity index (χ0v) is 15.3. The Morgan fingerprint density at radius 1 is 1.12 bits per heavy atom. The summed E-state index contributed by atoms with van der Waals surface area (Å²) in [5.41, 5.74) is 0.366. The molecule has 136 valence electrons. The highest BCUT2D eigenvalue weighted by Gasteiger charge is 2.13. The fraction of sp³-hybridized carbons (Fsp3) is 0.533. The largest absolute Gasteiger partial charge is 0.493 e. The summed E-state index contributed by atoms with van der Waals surface area (Å²) in [6.07, 6.45) is 0. The van der Waals surface area contributed by atoms with Crippen LogP contribution < -0.4 is 19.5 Å². The molecule has 0 aliphatic rings. The van der Waals surface area contributed by atoms with Gasteiger partial charge in [0.15, 0.2) is 11.5 Å². The molecule has 8 nitrogen and oxygen atoms in total. The first kappa shape index (κ1) is 20.2. The van der Waals surface area contributed by atoms with Crippen molar-refractivity contribution in [2.24, 2.45) is 0 Å². The van der Waals surface area contributed by atoms with Gasteiger partial charge in [-0.2, -0.15) is 0 Å². The van der Waals surface area contributed by atoms with Crippen LogP contribution in [0.15, 0.2) is 18.2 Å². The van der Waals surface area contributed by atoms with E-state index in [1.807, 2.05) is 19.0 Å². The molecule has 1 aromatic carbocycles. The molecule has 0 aliphatic heterocycles. The third kappa shape index (κ3) is 6.73. The van der Waals surface area contributed by atoms with Gasteiger partial charge in [0, 0.05) is 25.2 Å². The Morgan fingerprint density at radius 2 is 1.79 bits per heavy atom. The van der Waals surface area contributed by atoms with Gasteiger partial charge in [-0.1, -0.05) is 0 Å². The van der Waals surface area contributed by atoms with Gasteiger partial charge < -0.3 is 19.7 Å². The van der Waals surface area contributed by atoms with Crippen molar-refractivity contribution in [1.29, 1.82) is 0 Å². The number of carbonyl (C=O) groups is 1. The van der Waals surface area contributed by atoms with Crippen LogP contribution in [0.4, 0.5) is 0 Å². The fourth-order valence-electron chi connectivity index (χ4n) is 1.88. The van der Waals surface area contributed by atoms with Crippen LogP contribution in [-0.4, -0.2) is 72.9 Å². The van der Waals surface area contributed by atoms with E-state index in [4.69, 9.17) is 9.47 Å². The Labute approximate surface area is 143 Å². The molecule has 0 aliphatic carbocycles. The van der Waals surface area contributed by atoms with E-state index >= 15 is 0 Å². The van der Waals surface area contributed by atoms with Gasteiger partial charge in [-0.25, -0.2) is 13.1 Å². The highest BCUT2D eigenvalue weighted by molar-refractivity contribution is 7.89. The van der Waals surface area contributed by atoms with E-state index < -0.39 is 10.0 Å². The number of rotatable bonds is 10. The maximum atomic E-state index is 12.1. The van der Waals surface area contributed by atoms with Crippen LogP contribution in [0.2, 0.25) is 0 Å². The van der Waals surface area contributed by atoms with Gasteiger partial charge in [0.25, 0.3) is 5.91 Å². The first-order chi connectivity index (χ1) is 11.3. The summed E-state index contributed by atoms with van der Waals surface area (Å²) in [5.74, 6) is 0.392. The Bertz CT molecular complexity index is 647. The van der Waals surface area contributed by atoms with Crippen molar-refractivity contribution >= 4 is 15.9 Å². The normalized spacial score (nSPS) is 11.4. The molecule has 0 saturated carbocycles. The maximum Gasteiger partial charge on any atom is 0.251 e. The minimum atomic E-state index is -3.41. The van der Waals surface area contributed by atoms with Crippen LogP contribution >= 0.6 is 0 Å². The topological polar surface area (TPSA) is 97.0 Å². The minimum Gasteiger partial charge on any atom is -0.493 e. The first-order valence-electron chi connectivity index (χ1n) is 7.41. The van der Waals surface area contributed by atoms with Crippen molar-refractivity contribution in [3.63, 3.8) is 0 Å². The Kier molecular flexibility index (Phi) is 7.96. The maximum absolute atomic E-state index is 12.1. The second-order valence-corrected chi connectivity index (χ2v) is 7.27. The van der Waals surface area contributed by atoms with Crippen LogP contribution in [0.1, 0.15) is 10.4 Å². The first-order valence-corrected chi connectivity index (χ1v) is 9.06. The predicted molar refractivity (Wildman–Crippen MR) is 92.2 cm³/mol. The average molecular weight is 359 g/mol. The molecule has 0 bridgehead atoms. The van der Waals surface area contributed by atoms with Crippen LogP contribution in [-0.2, 0) is 10.0 Å². The lowest BCUT2D eigenvalue weighted by molar-refractivity contribution is 0.0955. The van der Waals surface area contributed by atoms with Gasteiger partial charge in [0.05, 0.1) is 20.0 Å². The van der Waals surface area contributed by atoms with E-state index in [0.29, 0.717) is 30.2 Å². The summed E-state index contributed by atoms with van der Waals surface area (Å²) in [4.78, 5) is 13.9. The van der Waals surface area contributed by atoms with Crippen LogP contribution in [0.3, 0.4) is 0 Å². The predicted octanol–water partition coefficient (Wildman–Crippen LogP) is -0.0854. The van der Waals surface area contributed by atoms with Crippen molar-refractivity contribution in [2.45, 2.75) is 0 Å². The lowest BCUT2D eigenvalue weighted by Crippen LogP contribution is -2.37. The summed E-state index contributed by atoms with van der Waals surface area (Å²) in [6.45, 7) is 0.959. The van der Waals surface area contributed by atoms with Crippen LogP contribution in [0.5, 0.6) is 11.5 Å². The van der Waals surface area contributed by atoms with Crippen LogP contribution in [0.25, 0.3) is 0 Å². The van der Waals surface area contributed by atoms with Gasteiger partial charge in [0.2, 0.25) is 10.0 Å². The van der Waals surface area contributed by atoms with E-state index in [2.05, 4.69) is 10.0 Å². The van der Waals surface area contributed by atoms with E-state index in [9.17, 15) is 13.2 Å². The lowest BCUT2D eigenvalue weighted by Gasteiger charge is -2.12. The Balaban J connectivity index is 2.51. The number of nitrogens with one attached hydrogen (secondary N) is 2. The number of carbonyl (C=O) groups excluding carboxylic acids is 1. The third-order valence-electron chi connectivity index (χ3n) is 3.18. The minimum absolute atomic E-state index is 0.0183. The number of amides is 1. The number of methoxy groups -OCH3 is 2. The lowest BCUT2D eigenvalue weighted by atomic mass is 10.2. The summed E-state index contributed by atoms with van der Waals surface area (Å²) in [7, 11) is 3.29. The van der Waals surface area contributed by atoms with Crippen molar-refractivity contribution in [1.82, 2.24) is 14.9 Å². The van der Waals surface area contributed by atoms with Crippen molar-refractivity contribution in [2.75, 3.05) is 53.7 Å². The smallest absolute Gasteiger partial charge is 0.251 e. The van der Waals surface area contributed by atoms with E-state index in [0.717, 1.165) is 0 Å². The molecule has 0 aromatic heterocycles. The molecular formula is C15H25N3O5S. The number of hydrogen-bond acceptors (Lipinski definition) is 6. The van der Waals surface area contributed by atoms with Gasteiger partial charge in [-0.05, 0) is 32.3 Å². The Hall–Kier alpha value is -1.84. The van der Waals surface area contributed by atoms with Gasteiger partial charge >= 0.3 is 0 Å². The molecule has 0 saturated heterocycles. The molecule has 0 spiro atoms. The molecule has 0 heterocycles. The molecule has 0 radical (unpaired) electrons. The fourth-order valence-corrected chi connectivity index (χ4v) is 2.79. The standard InChI is InChI=1S/C15H25N3O5S/c1-18(2)9-7-17-24(20,21)10-8-16-15(19)12-5-6-13(22-3)14(11-12)23-4/h5-6,11,17H,7-10H2,1-4H3,(H,16,19). The molecule has 0 fully saturated rings.